The fourth-order valence-electron chi connectivity index (χ4n) is 3.45. The molecule has 29 heavy (non-hydrogen) atoms. The molecule has 0 bridgehead atoms. The molecular weight excluding hydrogens is 364 g/mol. The summed E-state index contributed by atoms with van der Waals surface area (Å²) < 4.78 is 0. The molecule has 1 fully saturated rings. The molecule has 7 heteroatoms. The molecule has 1 saturated heterocycles. The molecule has 2 aromatic heterocycles. The van der Waals surface area contributed by atoms with Gasteiger partial charge in [-0.1, -0.05) is 31.2 Å². The van der Waals surface area contributed by atoms with Gasteiger partial charge in [0, 0.05) is 44.3 Å². The number of hydrogen-bond donors (Lipinski definition) is 1. The molecule has 0 radical (unpaired) electrons. The van der Waals surface area contributed by atoms with E-state index >= 15 is 0 Å². The first-order chi connectivity index (χ1) is 14.2. The van der Waals surface area contributed by atoms with E-state index in [2.05, 4.69) is 38.2 Å². The molecule has 4 rings (SSSR count). The van der Waals surface area contributed by atoms with Crippen molar-refractivity contribution < 1.29 is 4.79 Å². The number of nitrogens with zero attached hydrogens (tertiary/aromatic N) is 5. The van der Waals surface area contributed by atoms with Gasteiger partial charge < -0.3 is 15.1 Å². The average Bonchev–Trinajstić information content (AvgIpc) is 2.80. The minimum atomic E-state index is -0.0695. The van der Waals surface area contributed by atoms with Gasteiger partial charge in [0.25, 0.3) is 5.91 Å². The zero-order chi connectivity index (χ0) is 20.1. The molecule has 0 spiro atoms. The van der Waals surface area contributed by atoms with Gasteiger partial charge in [0.2, 0.25) is 5.95 Å². The van der Waals surface area contributed by atoms with Crippen LogP contribution >= 0.6 is 0 Å². The Balaban J connectivity index is 1.43. The van der Waals surface area contributed by atoms with Crippen molar-refractivity contribution >= 4 is 23.4 Å². The van der Waals surface area contributed by atoms with Gasteiger partial charge in [0.15, 0.2) is 0 Å². The SMILES string of the molecule is CCc1ccccc1Nc1nccc(C(=O)N2CCN(c3ccccn3)CC2)n1. The Morgan fingerprint density at radius 3 is 2.52 bits per heavy atom. The number of carbonyl (C=O) groups is 1. The number of aryl methyl sites for hydroxylation is 1. The smallest absolute Gasteiger partial charge is 0.272 e. The van der Waals surface area contributed by atoms with Crippen LogP contribution in [0.25, 0.3) is 0 Å². The number of anilines is 3. The van der Waals surface area contributed by atoms with Gasteiger partial charge in [-0.05, 0) is 36.2 Å². The standard InChI is InChI=1S/C22H24N6O/c1-2-17-7-3-4-8-18(17)25-22-24-12-10-19(26-22)21(29)28-15-13-27(14-16-28)20-9-5-6-11-23-20/h3-12H,2,13-16H2,1H3,(H,24,25,26). The molecule has 0 aliphatic carbocycles. The average molecular weight is 388 g/mol. The molecule has 3 aromatic rings. The maximum atomic E-state index is 12.9. The van der Waals surface area contributed by atoms with Crippen molar-refractivity contribution in [1.82, 2.24) is 19.9 Å². The van der Waals surface area contributed by atoms with Gasteiger partial charge in [0.1, 0.15) is 11.5 Å². The summed E-state index contributed by atoms with van der Waals surface area (Å²) >= 11 is 0. The van der Waals surface area contributed by atoms with E-state index in [1.54, 1.807) is 18.5 Å². The van der Waals surface area contributed by atoms with Crippen molar-refractivity contribution in [1.29, 1.82) is 0 Å². The number of nitrogens with one attached hydrogen (secondary N) is 1. The van der Waals surface area contributed by atoms with Crippen molar-refractivity contribution in [2.24, 2.45) is 0 Å². The molecular formula is C22H24N6O. The van der Waals surface area contributed by atoms with Crippen LogP contribution in [0.5, 0.6) is 0 Å². The summed E-state index contributed by atoms with van der Waals surface area (Å²) in [6.07, 6.45) is 4.32. The molecule has 1 aromatic carbocycles. The molecule has 1 amide bonds. The first-order valence-electron chi connectivity index (χ1n) is 9.88. The van der Waals surface area contributed by atoms with Crippen LogP contribution in [-0.2, 0) is 6.42 Å². The third-order valence-corrected chi connectivity index (χ3v) is 5.06. The van der Waals surface area contributed by atoms with Crippen LogP contribution in [0.3, 0.4) is 0 Å². The van der Waals surface area contributed by atoms with Crippen molar-refractivity contribution in [2.75, 3.05) is 36.4 Å². The van der Waals surface area contributed by atoms with Crippen LogP contribution in [0, 0.1) is 0 Å². The summed E-state index contributed by atoms with van der Waals surface area (Å²) in [6, 6.07) is 15.6. The maximum absolute atomic E-state index is 12.9. The summed E-state index contributed by atoms with van der Waals surface area (Å²) in [7, 11) is 0. The van der Waals surface area contributed by atoms with Crippen molar-refractivity contribution in [3.63, 3.8) is 0 Å². The van der Waals surface area contributed by atoms with Crippen molar-refractivity contribution in [3.8, 4) is 0 Å². The molecule has 0 atom stereocenters. The highest BCUT2D eigenvalue weighted by atomic mass is 16.2. The van der Waals surface area contributed by atoms with Crippen LogP contribution in [0.4, 0.5) is 17.5 Å². The minimum absolute atomic E-state index is 0.0695. The van der Waals surface area contributed by atoms with Gasteiger partial charge in [-0.15, -0.1) is 0 Å². The number of hydrogen-bond acceptors (Lipinski definition) is 6. The van der Waals surface area contributed by atoms with Crippen LogP contribution in [-0.4, -0.2) is 51.9 Å². The highest BCUT2D eigenvalue weighted by Crippen LogP contribution is 2.19. The highest BCUT2D eigenvalue weighted by molar-refractivity contribution is 5.92. The Hall–Kier alpha value is -3.48. The molecule has 3 heterocycles. The summed E-state index contributed by atoms with van der Waals surface area (Å²) in [4.78, 5) is 30.1. The van der Waals surface area contributed by atoms with Gasteiger partial charge in [-0.2, -0.15) is 0 Å². The van der Waals surface area contributed by atoms with E-state index in [0.29, 0.717) is 24.7 Å². The third-order valence-electron chi connectivity index (χ3n) is 5.06. The fraction of sp³-hybridized carbons (Fsp3) is 0.273. The van der Waals surface area contributed by atoms with E-state index in [1.807, 2.05) is 41.3 Å². The lowest BCUT2D eigenvalue weighted by Crippen LogP contribution is -2.49. The summed E-state index contributed by atoms with van der Waals surface area (Å²) in [5.74, 6) is 1.31. The molecule has 0 saturated carbocycles. The monoisotopic (exact) mass is 388 g/mol. The van der Waals surface area contributed by atoms with Crippen LogP contribution in [0.15, 0.2) is 60.9 Å². The van der Waals surface area contributed by atoms with Crippen LogP contribution in [0.2, 0.25) is 0 Å². The summed E-state index contributed by atoms with van der Waals surface area (Å²) in [5, 5.41) is 3.24. The molecule has 148 valence electrons. The van der Waals surface area contributed by atoms with Gasteiger partial charge in [-0.3, -0.25) is 4.79 Å². The lowest BCUT2D eigenvalue weighted by Gasteiger charge is -2.35. The zero-order valence-corrected chi connectivity index (χ0v) is 16.5. The molecule has 1 aliphatic heterocycles. The first-order valence-corrected chi connectivity index (χ1v) is 9.88. The van der Waals surface area contributed by atoms with Crippen LogP contribution in [0.1, 0.15) is 23.0 Å². The highest BCUT2D eigenvalue weighted by Gasteiger charge is 2.24. The van der Waals surface area contributed by atoms with Crippen molar-refractivity contribution in [2.45, 2.75) is 13.3 Å². The van der Waals surface area contributed by atoms with E-state index in [9.17, 15) is 4.79 Å². The van der Waals surface area contributed by atoms with Crippen molar-refractivity contribution in [3.05, 3.63) is 72.2 Å². The number of benzene rings is 1. The Morgan fingerprint density at radius 2 is 1.76 bits per heavy atom. The second kappa shape index (κ2) is 8.68. The number of aromatic nitrogens is 3. The number of piperazine rings is 1. The number of pyridine rings is 1. The Labute approximate surface area is 170 Å². The largest absolute Gasteiger partial charge is 0.353 e. The second-order valence-electron chi connectivity index (χ2n) is 6.87. The topological polar surface area (TPSA) is 74.2 Å². The van der Waals surface area contributed by atoms with E-state index in [0.717, 1.165) is 31.0 Å². The first kappa shape index (κ1) is 18.9. The van der Waals surface area contributed by atoms with E-state index < -0.39 is 0 Å². The van der Waals surface area contributed by atoms with E-state index in [1.165, 1.54) is 5.56 Å². The Bertz CT molecular complexity index is 970. The summed E-state index contributed by atoms with van der Waals surface area (Å²) in [5.41, 5.74) is 2.55. The normalized spacial score (nSPS) is 14.0. The quantitative estimate of drug-likeness (QED) is 0.724. The molecule has 1 aliphatic rings. The second-order valence-corrected chi connectivity index (χ2v) is 6.87. The number of amides is 1. The number of para-hydroxylation sites is 1. The maximum Gasteiger partial charge on any atom is 0.272 e. The van der Waals surface area contributed by atoms with Gasteiger partial charge in [0.05, 0.1) is 0 Å². The third kappa shape index (κ3) is 4.34. The molecule has 1 N–H and O–H groups in total. The van der Waals surface area contributed by atoms with Gasteiger partial charge in [-0.25, -0.2) is 15.0 Å². The fourth-order valence-corrected chi connectivity index (χ4v) is 3.45. The predicted octanol–water partition coefficient (Wildman–Crippen LogP) is 3.14. The van der Waals surface area contributed by atoms with E-state index in [4.69, 9.17) is 0 Å². The summed E-state index contributed by atoms with van der Waals surface area (Å²) in [6.45, 7) is 4.89. The number of rotatable bonds is 5. The van der Waals surface area contributed by atoms with Crippen LogP contribution < -0.4 is 10.2 Å². The molecule has 7 nitrogen and oxygen atoms in total. The van der Waals surface area contributed by atoms with E-state index in [-0.39, 0.29) is 5.91 Å². The Morgan fingerprint density at radius 1 is 0.966 bits per heavy atom. The minimum Gasteiger partial charge on any atom is -0.353 e. The zero-order valence-electron chi connectivity index (χ0n) is 16.5. The molecule has 0 unspecified atom stereocenters. The predicted molar refractivity (Wildman–Crippen MR) is 113 cm³/mol. The van der Waals surface area contributed by atoms with Gasteiger partial charge >= 0.3 is 0 Å². The lowest BCUT2D eigenvalue weighted by molar-refractivity contribution is 0.0740. The number of carbonyl (C=O) groups excluding carboxylic acids is 1. The lowest BCUT2D eigenvalue weighted by atomic mass is 10.1. The Kier molecular flexibility index (Phi) is 5.65.